The molecule has 0 fully saturated rings. The standard InChI is InChI=1S/C12H20N2O4/c1-7(2)6-9(11(13)15)14-12(16)10-8(3)17-4-5-18-10/h7,9H,4-6H2,1-3H3,(H2,13,15)(H,14,16)/t9-/m0/s1. The van der Waals surface area contributed by atoms with Crippen molar-refractivity contribution in [3.05, 3.63) is 11.5 Å². The fraction of sp³-hybridized carbons (Fsp3) is 0.667. The van der Waals surface area contributed by atoms with Gasteiger partial charge >= 0.3 is 0 Å². The maximum Gasteiger partial charge on any atom is 0.290 e. The number of nitrogens with one attached hydrogen (secondary N) is 1. The molecule has 6 nitrogen and oxygen atoms in total. The summed E-state index contributed by atoms with van der Waals surface area (Å²) in [5, 5.41) is 2.57. The Morgan fingerprint density at radius 3 is 2.44 bits per heavy atom. The highest BCUT2D eigenvalue weighted by molar-refractivity contribution is 5.95. The Labute approximate surface area is 106 Å². The lowest BCUT2D eigenvalue weighted by Crippen LogP contribution is -2.46. The molecule has 1 aliphatic rings. The summed E-state index contributed by atoms with van der Waals surface area (Å²) in [6.07, 6.45) is 0.494. The van der Waals surface area contributed by atoms with Crippen LogP contribution in [0.25, 0.3) is 0 Å². The molecular weight excluding hydrogens is 236 g/mol. The van der Waals surface area contributed by atoms with Crippen LogP contribution in [0.4, 0.5) is 0 Å². The molecule has 1 heterocycles. The van der Waals surface area contributed by atoms with Gasteiger partial charge in [-0.1, -0.05) is 13.8 Å². The van der Waals surface area contributed by atoms with Crippen LogP contribution in [0.3, 0.4) is 0 Å². The van der Waals surface area contributed by atoms with E-state index >= 15 is 0 Å². The van der Waals surface area contributed by atoms with E-state index in [0.717, 1.165) is 0 Å². The van der Waals surface area contributed by atoms with Crippen LogP contribution >= 0.6 is 0 Å². The molecule has 18 heavy (non-hydrogen) atoms. The first-order valence-electron chi connectivity index (χ1n) is 5.98. The fourth-order valence-electron chi connectivity index (χ4n) is 1.67. The second kappa shape index (κ2) is 6.28. The lowest BCUT2D eigenvalue weighted by Gasteiger charge is -2.22. The monoisotopic (exact) mass is 256 g/mol. The summed E-state index contributed by atoms with van der Waals surface area (Å²) in [6, 6.07) is -0.691. The van der Waals surface area contributed by atoms with Crippen molar-refractivity contribution in [2.24, 2.45) is 11.7 Å². The molecule has 0 unspecified atom stereocenters. The van der Waals surface area contributed by atoms with Crippen LogP contribution in [0.1, 0.15) is 27.2 Å². The van der Waals surface area contributed by atoms with Crippen molar-refractivity contribution >= 4 is 11.8 Å². The number of rotatable bonds is 5. The second-order valence-corrected chi connectivity index (χ2v) is 4.64. The smallest absolute Gasteiger partial charge is 0.290 e. The normalized spacial score (nSPS) is 16.9. The Morgan fingerprint density at radius 2 is 1.94 bits per heavy atom. The van der Waals surface area contributed by atoms with E-state index in [-0.39, 0.29) is 11.7 Å². The molecule has 0 bridgehead atoms. The van der Waals surface area contributed by atoms with Gasteiger partial charge in [0.25, 0.3) is 5.91 Å². The van der Waals surface area contributed by atoms with Crippen molar-refractivity contribution in [2.75, 3.05) is 13.2 Å². The molecule has 0 aliphatic carbocycles. The molecule has 0 aromatic carbocycles. The Hall–Kier alpha value is -1.72. The molecule has 0 spiro atoms. The van der Waals surface area contributed by atoms with Gasteiger partial charge in [-0.2, -0.15) is 0 Å². The van der Waals surface area contributed by atoms with E-state index < -0.39 is 17.9 Å². The number of hydrogen-bond donors (Lipinski definition) is 2. The second-order valence-electron chi connectivity index (χ2n) is 4.64. The van der Waals surface area contributed by atoms with E-state index in [1.807, 2.05) is 13.8 Å². The Bertz CT molecular complexity index is 363. The number of hydrogen-bond acceptors (Lipinski definition) is 4. The van der Waals surface area contributed by atoms with Crippen LogP contribution in [0.5, 0.6) is 0 Å². The average molecular weight is 256 g/mol. The average Bonchev–Trinajstić information content (AvgIpc) is 2.27. The lowest BCUT2D eigenvalue weighted by molar-refractivity contribution is -0.128. The maximum absolute atomic E-state index is 11.9. The van der Waals surface area contributed by atoms with E-state index in [0.29, 0.717) is 25.4 Å². The highest BCUT2D eigenvalue weighted by atomic mass is 16.6. The third kappa shape index (κ3) is 3.94. The summed E-state index contributed by atoms with van der Waals surface area (Å²) in [4.78, 5) is 23.2. The molecule has 1 aliphatic heterocycles. The molecule has 6 heteroatoms. The molecule has 0 aromatic heterocycles. The summed E-state index contributed by atoms with van der Waals surface area (Å²) < 4.78 is 10.4. The van der Waals surface area contributed by atoms with Gasteiger partial charge in [0, 0.05) is 0 Å². The predicted octanol–water partition coefficient (Wildman–Crippen LogP) is 0.281. The third-order valence-electron chi connectivity index (χ3n) is 2.53. The highest BCUT2D eigenvalue weighted by Gasteiger charge is 2.25. The maximum atomic E-state index is 11.9. The third-order valence-corrected chi connectivity index (χ3v) is 2.53. The van der Waals surface area contributed by atoms with E-state index in [2.05, 4.69) is 5.32 Å². The van der Waals surface area contributed by atoms with Gasteiger partial charge in [0.05, 0.1) is 0 Å². The summed E-state index contributed by atoms with van der Waals surface area (Å²) in [7, 11) is 0. The fourth-order valence-corrected chi connectivity index (χ4v) is 1.67. The number of nitrogens with two attached hydrogens (primary N) is 1. The first-order chi connectivity index (χ1) is 8.41. The molecule has 0 aromatic rings. The molecule has 0 saturated carbocycles. The quantitative estimate of drug-likeness (QED) is 0.739. The van der Waals surface area contributed by atoms with Crippen molar-refractivity contribution < 1.29 is 19.1 Å². The van der Waals surface area contributed by atoms with Crippen molar-refractivity contribution in [1.29, 1.82) is 0 Å². The van der Waals surface area contributed by atoms with Gasteiger partial charge in [0.2, 0.25) is 11.7 Å². The van der Waals surface area contributed by atoms with E-state index in [1.165, 1.54) is 0 Å². The molecule has 0 radical (unpaired) electrons. The Kier molecular flexibility index (Phi) is 5.00. The van der Waals surface area contributed by atoms with Gasteiger partial charge in [0.15, 0.2) is 0 Å². The predicted molar refractivity (Wildman–Crippen MR) is 65.2 cm³/mol. The van der Waals surface area contributed by atoms with Crippen molar-refractivity contribution in [3.8, 4) is 0 Å². The van der Waals surface area contributed by atoms with Gasteiger partial charge in [0.1, 0.15) is 25.0 Å². The number of ether oxygens (including phenoxy) is 2. The van der Waals surface area contributed by atoms with Crippen LogP contribution in [-0.2, 0) is 19.1 Å². The molecule has 1 atom stereocenters. The number of carbonyl (C=O) groups is 2. The van der Waals surface area contributed by atoms with Crippen molar-refractivity contribution in [3.63, 3.8) is 0 Å². The van der Waals surface area contributed by atoms with Crippen LogP contribution in [0.15, 0.2) is 11.5 Å². The molecule has 0 saturated heterocycles. The largest absolute Gasteiger partial charge is 0.491 e. The number of primary amides is 1. The zero-order chi connectivity index (χ0) is 13.7. The first kappa shape index (κ1) is 14.3. The van der Waals surface area contributed by atoms with Crippen LogP contribution in [-0.4, -0.2) is 31.1 Å². The van der Waals surface area contributed by atoms with E-state index in [1.54, 1.807) is 6.92 Å². The molecule has 3 N–H and O–H groups in total. The molecule has 1 rings (SSSR count). The zero-order valence-corrected chi connectivity index (χ0v) is 11.0. The van der Waals surface area contributed by atoms with Crippen molar-refractivity contribution in [2.45, 2.75) is 33.2 Å². The SMILES string of the molecule is CC1=C(C(=O)N[C@@H](CC(C)C)C(N)=O)OCCO1. The van der Waals surface area contributed by atoms with Crippen LogP contribution in [0.2, 0.25) is 0 Å². The molecule has 2 amide bonds. The topological polar surface area (TPSA) is 90.7 Å². The van der Waals surface area contributed by atoms with Crippen molar-refractivity contribution in [1.82, 2.24) is 5.32 Å². The van der Waals surface area contributed by atoms with Crippen LogP contribution < -0.4 is 11.1 Å². The van der Waals surface area contributed by atoms with Gasteiger partial charge < -0.3 is 20.5 Å². The van der Waals surface area contributed by atoms with Crippen LogP contribution in [0, 0.1) is 5.92 Å². The Balaban J connectivity index is 2.69. The summed E-state index contributed by atoms with van der Waals surface area (Å²) in [5.74, 6) is -0.215. The lowest BCUT2D eigenvalue weighted by atomic mass is 10.0. The molecular formula is C12H20N2O4. The summed E-state index contributed by atoms with van der Waals surface area (Å²) in [6.45, 7) is 6.30. The van der Waals surface area contributed by atoms with Gasteiger partial charge in [-0.25, -0.2) is 0 Å². The van der Waals surface area contributed by atoms with Gasteiger partial charge in [-0.3, -0.25) is 9.59 Å². The number of amides is 2. The summed E-state index contributed by atoms with van der Waals surface area (Å²) >= 11 is 0. The number of carbonyl (C=O) groups excluding carboxylic acids is 2. The molecule has 102 valence electrons. The minimum absolute atomic E-state index is 0.122. The summed E-state index contributed by atoms with van der Waals surface area (Å²) in [5.41, 5.74) is 5.26. The van der Waals surface area contributed by atoms with Gasteiger partial charge in [-0.05, 0) is 19.3 Å². The zero-order valence-electron chi connectivity index (χ0n) is 11.0. The minimum atomic E-state index is -0.691. The minimum Gasteiger partial charge on any atom is -0.491 e. The Morgan fingerprint density at radius 1 is 1.33 bits per heavy atom. The van der Waals surface area contributed by atoms with E-state index in [9.17, 15) is 9.59 Å². The highest BCUT2D eigenvalue weighted by Crippen LogP contribution is 2.14. The van der Waals surface area contributed by atoms with Gasteiger partial charge in [-0.15, -0.1) is 0 Å². The van der Waals surface area contributed by atoms with E-state index in [4.69, 9.17) is 15.2 Å². The number of allylic oxidation sites excluding steroid dienone is 1. The first-order valence-corrected chi connectivity index (χ1v) is 5.98.